The van der Waals surface area contributed by atoms with Crippen LogP contribution in [0.3, 0.4) is 0 Å². The lowest BCUT2D eigenvalue weighted by atomic mass is 10.1. The third-order valence-electron chi connectivity index (χ3n) is 3.24. The molecule has 2 aromatic rings. The summed E-state index contributed by atoms with van der Waals surface area (Å²) in [6, 6.07) is 10.5. The fourth-order valence-corrected chi connectivity index (χ4v) is 2.38. The van der Waals surface area contributed by atoms with Crippen LogP contribution in [0.4, 0.5) is 5.69 Å². The van der Waals surface area contributed by atoms with Crippen LogP contribution in [0.25, 0.3) is 0 Å². The molecule has 0 bridgehead atoms. The molecule has 0 radical (unpaired) electrons. The minimum absolute atomic E-state index is 0. The van der Waals surface area contributed by atoms with Crippen LogP contribution in [0.15, 0.2) is 34.9 Å². The highest BCUT2D eigenvalue weighted by Gasteiger charge is 2.15. The number of benzene rings is 1. The average molecular weight is 280 g/mol. The zero-order valence-electron chi connectivity index (χ0n) is 10.9. The lowest BCUT2D eigenvalue weighted by Gasteiger charge is -2.23. The van der Waals surface area contributed by atoms with Crippen molar-refractivity contribution in [2.75, 3.05) is 18.0 Å². The van der Waals surface area contributed by atoms with E-state index in [0.29, 0.717) is 0 Å². The lowest BCUT2D eigenvalue weighted by molar-refractivity contribution is 0.390. The Labute approximate surface area is 119 Å². The van der Waals surface area contributed by atoms with E-state index in [4.69, 9.17) is 4.52 Å². The van der Waals surface area contributed by atoms with Gasteiger partial charge in [-0.25, -0.2) is 0 Å². The first-order valence-corrected chi connectivity index (χ1v) is 6.29. The van der Waals surface area contributed by atoms with Gasteiger partial charge in [0.25, 0.3) is 0 Å². The lowest BCUT2D eigenvalue weighted by Crippen LogP contribution is -2.28. The van der Waals surface area contributed by atoms with Gasteiger partial charge in [0.1, 0.15) is 11.5 Å². The van der Waals surface area contributed by atoms with Gasteiger partial charge in [-0.15, -0.1) is 12.4 Å². The van der Waals surface area contributed by atoms with Crippen LogP contribution in [0.5, 0.6) is 0 Å². The Kier molecular flexibility index (Phi) is 4.45. The molecule has 1 aliphatic heterocycles. The minimum Gasteiger partial charge on any atom is -0.364 e. The Morgan fingerprint density at radius 1 is 1.37 bits per heavy atom. The van der Waals surface area contributed by atoms with Crippen molar-refractivity contribution in [1.82, 2.24) is 10.5 Å². The van der Waals surface area contributed by atoms with Gasteiger partial charge in [0.05, 0.1) is 6.54 Å². The zero-order chi connectivity index (χ0) is 12.4. The topological polar surface area (TPSA) is 41.3 Å². The molecule has 0 amide bonds. The zero-order valence-corrected chi connectivity index (χ0v) is 11.7. The summed E-state index contributed by atoms with van der Waals surface area (Å²) in [7, 11) is 0. The number of aryl methyl sites for hydroxylation is 1. The van der Waals surface area contributed by atoms with Gasteiger partial charge < -0.3 is 14.7 Å². The van der Waals surface area contributed by atoms with Crippen LogP contribution in [-0.4, -0.2) is 18.2 Å². The van der Waals surface area contributed by atoms with Gasteiger partial charge in [-0.2, -0.15) is 0 Å². The summed E-state index contributed by atoms with van der Waals surface area (Å²) >= 11 is 0. The largest absolute Gasteiger partial charge is 0.364 e. The minimum atomic E-state index is 0. The Hall–Kier alpha value is -1.52. The number of aromatic nitrogens is 1. The molecule has 0 aliphatic carbocycles. The average Bonchev–Trinajstić information content (AvgIpc) is 2.68. The predicted molar refractivity (Wildman–Crippen MR) is 77.7 cm³/mol. The summed E-state index contributed by atoms with van der Waals surface area (Å²) in [6.07, 6.45) is 0. The molecule has 102 valence electrons. The molecule has 3 rings (SSSR count). The maximum atomic E-state index is 5.13. The SMILES string of the molecule is Cc1cc(CN2CCNCc3ccccc32)no1.Cl. The highest BCUT2D eigenvalue weighted by Crippen LogP contribution is 2.23. The number of nitrogens with one attached hydrogen (secondary N) is 1. The van der Waals surface area contributed by atoms with Crippen LogP contribution in [0.2, 0.25) is 0 Å². The van der Waals surface area contributed by atoms with Crippen molar-refractivity contribution in [2.24, 2.45) is 0 Å². The number of nitrogens with zero attached hydrogens (tertiary/aromatic N) is 2. The number of para-hydroxylation sites is 1. The second kappa shape index (κ2) is 6.08. The molecule has 1 aromatic heterocycles. The predicted octanol–water partition coefficient (Wildman–Crippen LogP) is 2.51. The van der Waals surface area contributed by atoms with Gasteiger partial charge in [-0.05, 0) is 18.6 Å². The van der Waals surface area contributed by atoms with E-state index < -0.39 is 0 Å². The van der Waals surface area contributed by atoms with Crippen molar-refractivity contribution in [1.29, 1.82) is 0 Å². The third kappa shape index (κ3) is 3.08. The second-order valence-corrected chi connectivity index (χ2v) is 4.66. The first kappa shape index (κ1) is 13.9. The fraction of sp³-hybridized carbons (Fsp3) is 0.357. The van der Waals surface area contributed by atoms with Gasteiger partial charge in [0.2, 0.25) is 0 Å². The molecular formula is C14H18ClN3O. The van der Waals surface area contributed by atoms with Crippen molar-refractivity contribution in [3.63, 3.8) is 0 Å². The molecule has 19 heavy (non-hydrogen) atoms. The Bertz CT molecular complexity index is 541. The molecule has 1 N–H and O–H groups in total. The van der Waals surface area contributed by atoms with Gasteiger partial charge in [0, 0.05) is 31.4 Å². The molecule has 0 spiro atoms. The number of hydrogen-bond acceptors (Lipinski definition) is 4. The molecular weight excluding hydrogens is 262 g/mol. The summed E-state index contributed by atoms with van der Waals surface area (Å²) < 4.78 is 5.13. The van der Waals surface area contributed by atoms with Crippen LogP contribution in [0, 0.1) is 6.92 Å². The summed E-state index contributed by atoms with van der Waals surface area (Å²) in [5.74, 6) is 0.867. The van der Waals surface area contributed by atoms with Gasteiger partial charge in [0.15, 0.2) is 0 Å². The standard InChI is InChI=1S/C14H17N3O.ClH/c1-11-8-13(16-18-11)10-17-7-6-15-9-12-4-2-3-5-14(12)17;/h2-5,8,15H,6-7,9-10H2,1H3;1H. The number of halogens is 1. The van der Waals surface area contributed by atoms with Gasteiger partial charge in [-0.3, -0.25) is 0 Å². The Balaban J connectivity index is 0.00000133. The van der Waals surface area contributed by atoms with E-state index in [0.717, 1.165) is 37.6 Å². The van der Waals surface area contributed by atoms with E-state index in [1.54, 1.807) is 0 Å². The monoisotopic (exact) mass is 279 g/mol. The van der Waals surface area contributed by atoms with Crippen LogP contribution < -0.4 is 10.2 Å². The third-order valence-corrected chi connectivity index (χ3v) is 3.24. The molecule has 2 heterocycles. The van der Waals surface area contributed by atoms with Crippen molar-refractivity contribution in [3.05, 3.63) is 47.3 Å². The van der Waals surface area contributed by atoms with Crippen molar-refractivity contribution in [3.8, 4) is 0 Å². The van der Waals surface area contributed by atoms with E-state index in [9.17, 15) is 0 Å². The first-order chi connectivity index (χ1) is 8.83. The van der Waals surface area contributed by atoms with Crippen molar-refractivity contribution in [2.45, 2.75) is 20.0 Å². The fourth-order valence-electron chi connectivity index (χ4n) is 2.38. The normalized spacial score (nSPS) is 14.5. The van der Waals surface area contributed by atoms with E-state index in [-0.39, 0.29) is 12.4 Å². The molecule has 0 saturated heterocycles. The highest BCUT2D eigenvalue weighted by molar-refractivity contribution is 5.85. The van der Waals surface area contributed by atoms with Crippen LogP contribution in [0.1, 0.15) is 17.0 Å². The number of hydrogen-bond donors (Lipinski definition) is 1. The van der Waals surface area contributed by atoms with E-state index in [1.807, 2.05) is 13.0 Å². The van der Waals surface area contributed by atoms with Crippen molar-refractivity contribution >= 4 is 18.1 Å². The first-order valence-electron chi connectivity index (χ1n) is 6.29. The smallest absolute Gasteiger partial charge is 0.133 e. The molecule has 1 aliphatic rings. The van der Waals surface area contributed by atoms with Crippen LogP contribution >= 0.6 is 12.4 Å². The van der Waals surface area contributed by atoms with Gasteiger partial charge >= 0.3 is 0 Å². The molecule has 4 nitrogen and oxygen atoms in total. The maximum absolute atomic E-state index is 5.13. The van der Waals surface area contributed by atoms with E-state index in [1.165, 1.54) is 11.3 Å². The molecule has 0 atom stereocenters. The summed E-state index contributed by atoms with van der Waals surface area (Å²) in [6.45, 7) is 5.64. The maximum Gasteiger partial charge on any atom is 0.133 e. The highest BCUT2D eigenvalue weighted by atomic mass is 35.5. The second-order valence-electron chi connectivity index (χ2n) is 4.66. The molecule has 0 saturated carbocycles. The molecule has 0 fully saturated rings. The Morgan fingerprint density at radius 2 is 2.21 bits per heavy atom. The molecule has 0 unspecified atom stereocenters. The van der Waals surface area contributed by atoms with Crippen LogP contribution in [-0.2, 0) is 13.1 Å². The summed E-state index contributed by atoms with van der Waals surface area (Å²) in [4.78, 5) is 2.35. The number of rotatable bonds is 2. The van der Waals surface area contributed by atoms with E-state index in [2.05, 4.69) is 39.6 Å². The van der Waals surface area contributed by atoms with E-state index >= 15 is 0 Å². The molecule has 5 heteroatoms. The van der Waals surface area contributed by atoms with Gasteiger partial charge in [-0.1, -0.05) is 23.4 Å². The summed E-state index contributed by atoms with van der Waals surface area (Å²) in [5.41, 5.74) is 3.63. The number of anilines is 1. The molecule has 1 aromatic carbocycles. The Morgan fingerprint density at radius 3 is 3.00 bits per heavy atom. The summed E-state index contributed by atoms with van der Waals surface area (Å²) in [5, 5.41) is 7.52. The van der Waals surface area contributed by atoms with Crippen molar-refractivity contribution < 1.29 is 4.52 Å². The number of fused-ring (bicyclic) bond motifs is 1. The quantitative estimate of drug-likeness (QED) is 0.917.